The molecule has 0 atom stereocenters. The van der Waals surface area contributed by atoms with E-state index in [4.69, 9.17) is 11.6 Å². The van der Waals surface area contributed by atoms with Crippen LogP contribution in [0.2, 0.25) is 5.02 Å². The largest absolute Gasteiger partial charge is 0.275 e. The van der Waals surface area contributed by atoms with Crippen LogP contribution < -0.4 is 0 Å². The quantitative estimate of drug-likeness (QED) is 0.541. The summed E-state index contributed by atoms with van der Waals surface area (Å²) in [6.45, 7) is 0. The number of rotatable bonds is 2. The van der Waals surface area contributed by atoms with Crippen LogP contribution in [0.1, 0.15) is 0 Å². The number of halogens is 2. The van der Waals surface area contributed by atoms with E-state index in [-0.39, 0.29) is 5.82 Å². The van der Waals surface area contributed by atoms with Crippen LogP contribution in [0, 0.1) is 5.82 Å². The Bertz CT molecular complexity index is 1060. The van der Waals surface area contributed by atoms with Crippen LogP contribution in [0.15, 0.2) is 55.0 Å². The standard InChI is InChI=1S/C18H12ClFN4/c1-24-10-12(9-22-24)11-6-14-15(19)7-17(23-18(14)21-8-11)13-4-2-3-5-16(13)20/h2-10H,1H3. The number of nitrogens with zero attached hydrogens (tertiary/aromatic N) is 4. The first-order valence-corrected chi connectivity index (χ1v) is 7.70. The molecule has 24 heavy (non-hydrogen) atoms. The van der Waals surface area contributed by atoms with Gasteiger partial charge in [0.05, 0.1) is 16.9 Å². The first-order chi connectivity index (χ1) is 11.6. The van der Waals surface area contributed by atoms with Crippen molar-refractivity contribution in [3.8, 4) is 22.4 Å². The summed E-state index contributed by atoms with van der Waals surface area (Å²) in [5.41, 5.74) is 3.19. The fraction of sp³-hybridized carbons (Fsp3) is 0.0556. The van der Waals surface area contributed by atoms with Crippen molar-refractivity contribution in [1.82, 2.24) is 19.7 Å². The summed E-state index contributed by atoms with van der Waals surface area (Å²) in [4.78, 5) is 8.84. The van der Waals surface area contributed by atoms with Crippen molar-refractivity contribution in [3.63, 3.8) is 0 Å². The van der Waals surface area contributed by atoms with E-state index >= 15 is 0 Å². The normalized spacial score (nSPS) is 11.1. The Morgan fingerprint density at radius 2 is 1.92 bits per heavy atom. The van der Waals surface area contributed by atoms with Gasteiger partial charge in [-0.3, -0.25) is 4.68 Å². The van der Waals surface area contributed by atoms with Crippen LogP contribution >= 0.6 is 11.6 Å². The first-order valence-electron chi connectivity index (χ1n) is 7.32. The van der Waals surface area contributed by atoms with E-state index in [0.717, 1.165) is 16.5 Å². The molecule has 0 aliphatic rings. The minimum Gasteiger partial charge on any atom is -0.275 e. The predicted octanol–water partition coefficient (Wildman–Crippen LogP) is 4.49. The van der Waals surface area contributed by atoms with Crippen molar-refractivity contribution >= 4 is 22.6 Å². The van der Waals surface area contributed by atoms with Gasteiger partial charge < -0.3 is 0 Å². The van der Waals surface area contributed by atoms with Gasteiger partial charge in [-0.25, -0.2) is 14.4 Å². The topological polar surface area (TPSA) is 43.6 Å². The number of aryl methyl sites for hydroxylation is 1. The summed E-state index contributed by atoms with van der Waals surface area (Å²) >= 11 is 6.41. The summed E-state index contributed by atoms with van der Waals surface area (Å²) in [6.07, 6.45) is 5.38. The average Bonchev–Trinajstić information content (AvgIpc) is 3.01. The number of aromatic nitrogens is 4. The van der Waals surface area contributed by atoms with Crippen LogP contribution in [0.5, 0.6) is 0 Å². The smallest absolute Gasteiger partial charge is 0.161 e. The van der Waals surface area contributed by atoms with Gasteiger partial charge in [-0.05, 0) is 24.3 Å². The van der Waals surface area contributed by atoms with E-state index in [2.05, 4.69) is 15.1 Å². The van der Waals surface area contributed by atoms with Crippen molar-refractivity contribution in [3.05, 3.63) is 65.8 Å². The van der Waals surface area contributed by atoms with Crippen molar-refractivity contribution in [2.45, 2.75) is 0 Å². The summed E-state index contributed by atoms with van der Waals surface area (Å²) in [7, 11) is 1.85. The number of benzene rings is 1. The first kappa shape index (κ1) is 14.8. The molecule has 0 aliphatic heterocycles. The SMILES string of the molecule is Cn1cc(-c2cnc3nc(-c4ccccc4F)cc(Cl)c3c2)cn1. The summed E-state index contributed by atoms with van der Waals surface area (Å²) in [5, 5.41) is 5.36. The Kier molecular flexibility index (Phi) is 3.50. The van der Waals surface area contributed by atoms with Gasteiger partial charge in [0.25, 0.3) is 0 Å². The van der Waals surface area contributed by atoms with E-state index in [0.29, 0.717) is 21.9 Å². The number of pyridine rings is 2. The molecule has 0 saturated heterocycles. The van der Waals surface area contributed by atoms with Gasteiger partial charge in [-0.2, -0.15) is 5.10 Å². The maximum atomic E-state index is 14.0. The minimum atomic E-state index is -0.340. The fourth-order valence-corrected chi connectivity index (χ4v) is 2.84. The molecule has 0 fully saturated rings. The highest BCUT2D eigenvalue weighted by Crippen LogP contribution is 2.31. The molecular formula is C18H12ClFN4. The lowest BCUT2D eigenvalue weighted by atomic mass is 10.1. The zero-order chi connectivity index (χ0) is 16.7. The predicted molar refractivity (Wildman–Crippen MR) is 92.1 cm³/mol. The van der Waals surface area contributed by atoms with Gasteiger partial charge in [0.15, 0.2) is 5.65 Å². The summed E-state index contributed by atoms with van der Waals surface area (Å²) < 4.78 is 15.7. The molecule has 0 saturated carbocycles. The minimum absolute atomic E-state index is 0.340. The molecule has 0 N–H and O–H groups in total. The number of fused-ring (bicyclic) bond motifs is 1. The molecule has 0 aliphatic carbocycles. The van der Waals surface area contributed by atoms with Crippen LogP contribution in [-0.2, 0) is 7.05 Å². The van der Waals surface area contributed by atoms with E-state index in [1.807, 2.05) is 19.3 Å². The monoisotopic (exact) mass is 338 g/mol. The van der Waals surface area contributed by atoms with E-state index < -0.39 is 0 Å². The summed E-state index contributed by atoms with van der Waals surface area (Å²) in [5.74, 6) is -0.340. The van der Waals surface area contributed by atoms with Crippen molar-refractivity contribution in [2.75, 3.05) is 0 Å². The van der Waals surface area contributed by atoms with E-state index in [1.165, 1.54) is 6.07 Å². The van der Waals surface area contributed by atoms with Crippen molar-refractivity contribution in [2.24, 2.45) is 7.05 Å². The molecule has 3 heterocycles. The van der Waals surface area contributed by atoms with Gasteiger partial charge >= 0.3 is 0 Å². The van der Waals surface area contributed by atoms with Crippen LogP contribution in [0.25, 0.3) is 33.4 Å². The average molecular weight is 339 g/mol. The van der Waals surface area contributed by atoms with Crippen LogP contribution in [0.4, 0.5) is 4.39 Å². The van der Waals surface area contributed by atoms with Gasteiger partial charge in [-0.15, -0.1) is 0 Å². The highest BCUT2D eigenvalue weighted by atomic mass is 35.5. The molecular weight excluding hydrogens is 327 g/mol. The van der Waals surface area contributed by atoms with Crippen molar-refractivity contribution < 1.29 is 4.39 Å². The van der Waals surface area contributed by atoms with Crippen molar-refractivity contribution in [1.29, 1.82) is 0 Å². The third-order valence-corrected chi connectivity index (χ3v) is 4.11. The van der Waals surface area contributed by atoms with Crippen LogP contribution in [-0.4, -0.2) is 19.7 Å². The maximum absolute atomic E-state index is 14.0. The molecule has 1 aromatic carbocycles. The molecule has 0 bridgehead atoms. The maximum Gasteiger partial charge on any atom is 0.161 e. The molecule has 118 valence electrons. The zero-order valence-corrected chi connectivity index (χ0v) is 13.5. The Hall–Kier alpha value is -2.79. The van der Waals surface area contributed by atoms with Gasteiger partial charge in [0, 0.05) is 41.5 Å². The molecule has 4 rings (SSSR count). The number of hydrogen-bond acceptors (Lipinski definition) is 3. The van der Waals surface area contributed by atoms with Crippen LogP contribution in [0.3, 0.4) is 0 Å². The Morgan fingerprint density at radius 1 is 1.08 bits per heavy atom. The van der Waals surface area contributed by atoms with Gasteiger partial charge in [-0.1, -0.05) is 23.7 Å². The Morgan fingerprint density at radius 3 is 2.67 bits per heavy atom. The molecule has 0 unspecified atom stereocenters. The molecule has 4 aromatic rings. The lowest BCUT2D eigenvalue weighted by Crippen LogP contribution is -1.92. The molecule has 4 nitrogen and oxygen atoms in total. The Labute approximate surface area is 142 Å². The third kappa shape index (κ3) is 2.53. The lowest BCUT2D eigenvalue weighted by Gasteiger charge is -2.07. The van der Waals surface area contributed by atoms with E-state index in [9.17, 15) is 4.39 Å². The molecule has 6 heteroatoms. The molecule has 0 spiro atoms. The molecule has 3 aromatic heterocycles. The van der Waals surface area contributed by atoms with Gasteiger partial charge in [0.1, 0.15) is 5.82 Å². The fourth-order valence-electron chi connectivity index (χ4n) is 2.60. The zero-order valence-electron chi connectivity index (χ0n) is 12.7. The second-order valence-corrected chi connectivity index (χ2v) is 5.87. The highest BCUT2D eigenvalue weighted by molar-refractivity contribution is 6.35. The van der Waals surface area contributed by atoms with E-state index in [1.54, 1.807) is 41.3 Å². The second-order valence-electron chi connectivity index (χ2n) is 5.47. The molecule has 0 radical (unpaired) electrons. The second kappa shape index (κ2) is 5.69. The van der Waals surface area contributed by atoms with Gasteiger partial charge in [0.2, 0.25) is 0 Å². The number of hydrogen-bond donors (Lipinski definition) is 0. The summed E-state index contributed by atoms with van der Waals surface area (Å²) in [6, 6.07) is 10.0. The Balaban J connectivity index is 1.87. The third-order valence-electron chi connectivity index (χ3n) is 3.80. The lowest BCUT2D eigenvalue weighted by molar-refractivity contribution is 0.631. The molecule has 0 amide bonds. The highest BCUT2D eigenvalue weighted by Gasteiger charge is 2.12.